The zero-order chi connectivity index (χ0) is 17.1. The third kappa shape index (κ3) is 4.35. The quantitative estimate of drug-likeness (QED) is 0.826. The topological polar surface area (TPSA) is 44.8 Å². The van der Waals surface area contributed by atoms with E-state index in [1.54, 1.807) is 18.2 Å². The summed E-state index contributed by atoms with van der Waals surface area (Å²) in [6.45, 7) is -1.14. The molecule has 2 fully saturated rings. The molecule has 7 heteroatoms. The molecule has 0 aromatic heterocycles. The molecule has 5 nitrogen and oxygen atoms in total. The van der Waals surface area contributed by atoms with Gasteiger partial charge in [-0.25, -0.2) is 0 Å². The van der Waals surface area contributed by atoms with Crippen LogP contribution in [0.25, 0.3) is 0 Å². The van der Waals surface area contributed by atoms with E-state index in [2.05, 4.69) is 15.0 Å². The van der Waals surface area contributed by atoms with Crippen LogP contribution in [0.2, 0.25) is 0 Å². The Hall–Kier alpha value is -1.89. The van der Waals surface area contributed by atoms with Gasteiger partial charge in [-0.1, -0.05) is 12.1 Å². The van der Waals surface area contributed by atoms with E-state index in [4.69, 9.17) is 0 Å². The largest absolute Gasteiger partial charge is 0.433 e. The van der Waals surface area contributed by atoms with Gasteiger partial charge in [-0.3, -0.25) is 9.69 Å². The number of ether oxygens (including phenoxy) is 1. The van der Waals surface area contributed by atoms with Gasteiger partial charge in [0.25, 0.3) is 0 Å². The summed E-state index contributed by atoms with van der Waals surface area (Å²) < 4.78 is 29.6. The predicted molar refractivity (Wildman–Crippen MR) is 87.5 cm³/mol. The van der Waals surface area contributed by atoms with Crippen molar-refractivity contribution in [2.75, 3.05) is 31.6 Å². The van der Waals surface area contributed by atoms with Crippen LogP contribution >= 0.6 is 0 Å². The summed E-state index contributed by atoms with van der Waals surface area (Å²) in [6.07, 6.45) is 3.13. The van der Waals surface area contributed by atoms with Crippen molar-refractivity contribution in [2.24, 2.45) is 0 Å². The SMILES string of the molecule is CN(CC(=O)N[C@H]1CCN(c2ccccc2OC(F)F)C1)C1CC1. The van der Waals surface area contributed by atoms with Gasteiger partial charge in [-0.15, -0.1) is 0 Å². The summed E-state index contributed by atoms with van der Waals surface area (Å²) in [5.74, 6) is 0.196. The highest BCUT2D eigenvalue weighted by molar-refractivity contribution is 5.78. The van der Waals surface area contributed by atoms with Crippen molar-refractivity contribution >= 4 is 11.6 Å². The molecule has 24 heavy (non-hydrogen) atoms. The van der Waals surface area contributed by atoms with Crippen LogP contribution in [-0.4, -0.2) is 56.2 Å². The fraction of sp³-hybridized carbons (Fsp3) is 0.588. The smallest absolute Gasteiger partial charge is 0.387 e. The molecule has 0 spiro atoms. The fourth-order valence-corrected chi connectivity index (χ4v) is 3.16. The summed E-state index contributed by atoms with van der Waals surface area (Å²) in [5, 5.41) is 3.04. The van der Waals surface area contributed by atoms with E-state index in [1.165, 1.54) is 18.9 Å². The second-order valence-electron chi connectivity index (χ2n) is 6.49. The lowest BCUT2D eigenvalue weighted by Gasteiger charge is -2.22. The number of hydrogen-bond acceptors (Lipinski definition) is 4. The van der Waals surface area contributed by atoms with E-state index in [0.29, 0.717) is 31.4 Å². The number of carbonyl (C=O) groups is 1. The number of nitrogens with zero attached hydrogens (tertiary/aromatic N) is 2. The normalized spacial score (nSPS) is 20.7. The first-order chi connectivity index (χ1) is 11.5. The summed E-state index contributed by atoms with van der Waals surface area (Å²) >= 11 is 0. The first-order valence-electron chi connectivity index (χ1n) is 8.31. The van der Waals surface area contributed by atoms with Crippen molar-refractivity contribution < 1.29 is 18.3 Å². The van der Waals surface area contributed by atoms with Crippen molar-refractivity contribution in [1.82, 2.24) is 10.2 Å². The Morgan fingerprint density at radius 1 is 1.38 bits per heavy atom. The number of nitrogens with one attached hydrogen (secondary N) is 1. The van der Waals surface area contributed by atoms with E-state index >= 15 is 0 Å². The third-order valence-corrected chi connectivity index (χ3v) is 4.54. The van der Waals surface area contributed by atoms with Gasteiger partial charge in [0.15, 0.2) is 0 Å². The minimum Gasteiger partial charge on any atom is -0.433 e. The molecule has 1 amide bonds. The second kappa shape index (κ2) is 7.34. The molecular formula is C17H23F2N3O2. The van der Waals surface area contributed by atoms with Crippen LogP contribution in [-0.2, 0) is 4.79 Å². The van der Waals surface area contributed by atoms with Gasteiger partial charge < -0.3 is 15.0 Å². The lowest BCUT2D eigenvalue weighted by molar-refractivity contribution is -0.122. The Morgan fingerprint density at radius 3 is 2.83 bits per heavy atom. The molecule has 1 heterocycles. The number of para-hydroxylation sites is 2. The van der Waals surface area contributed by atoms with Crippen molar-refractivity contribution in [1.29, 1.82) is 0 Å². The molecule has 1 aromatic carbocycles. The minimum absolute atomic E-state index is 0.0216. The summed E-state index contributed by atoms with van der Waals surface area (Å²) in [5.41, 5.74) is 0.643. The summed E-state index contributed by atoms with van der Waals surface area (Å²) in [6, 6.07) is 7.36. The zero-order valence-electron chi connectivity index (χ0n) is 13.8. The summed E-state index contributed by atoms with van der Waals surface area (Å²) in [4.78, 5) is 16.2. The van der Waals surface area contributed by atoms with Crippen LogP contribution in [0.4, 0.5) is 14.5 Å². The van der Waals surface area contributed by atoms with E-state index in [1.807, 2.05) is 11.9 Å². The molecule has 1 atom stereocenters. The Labute approximate surface area is 140 Å². The van der Waals surface area contributed by atoms with Crippen molar-refractivity contribution in [3.8, 4) is 5.75 Å². The summed E-state index contributed by atoms with van der Waals surface area (Å²) in [7, 11) is 1.97. The maximum atomic E-state index is 12.5. The van der Waals surface area contributed by atoms with Crippen molar-refractivity contribution in [3.05, 3.63) is 24.3 Å². The zero-order valence-corrected chi connectivity index (χ0v) is 13.8. The highest BCUT2D eigenvalue weighted by Gasteiger charge is 2.29. The maximum Gasteiger partial charge on any atom is 0.387 e. The number of halogens is 2. The van der Waals surface area contributed by atoms with Crippen LogP contribution in [0.3, 0.4) is 0 Å². The molecule has 1 aliphatic carbocycles. The molecular weight excluding hydrogens is 316 g/mol. The van der Waals surface area contributed by atoms with E-state index < -0.39 is 6.61 Å². The molecule has 0 bridgehead atoms. The number of benzene rings is 1. The van der Waals surface area contributed by atoms with Gasteiger partial charge in [0.2, 0.25) is 5.91 Å². The highest BCUT2D eigenvalue weighted by Crippen LogP contribution is 2.31. The molecule has 1 aliphatic heterocycles. The van der Waals surface area contributed by atoms with Crippen molar-refractivity contribution in [3.63, 3.8) is 0 Å². The first kappa shape index (κ1) is 17.0. The van der Waals surface area contributed by atoms with Gasteiger partial charge >= 0.3 is 6.61 Å². The van der Waals surface area contributed by atoms with E-state index in [9.17, 15) is 13.6 Å². The van der Waals surface area contributed by atoms with E-state index in [0.717, 1.165) is 6.42 Å². The number of hydrogen-bond donors (Lipinski definition) is 1. The van der Waals surface area contributed by atoms with Crippen LogP contribution in [0, 0.1) is 0 Å². The Kier molecular flexibility index (Phi) is 5.18. The molecule has 1 N–H and O–H groups in total. The molecule has 0 radical (unpaired) electrons. The Balaban J connectivity index is 1.54. The standard InChI is InChI=1S/C17H23F2N3O2/c1-21(13-6-7-13)11-16(23)20-12-8-9-22(10-12)14-4-2-3-5-15(14)24-17(18)19/h2-5,12-13,17H,6-11H2,1H3,(H,20,23)/t12-/m0/s1. The number of anilines is 1. The lowest BCUT2D eigenvalue weighted by Crippen LogP contribution is -2.42. The van der Waals surface area contributed by atoms with Gasteiger partial charge in [-0.2, -0.15) is 8.78 Å². The van der Waals surface area contributed by atoms with Crippen LogP contribution < -0.4 is 15.0 Å². The van der Waals surface area contributed by atoms with Crippen LogP contribution in [0.15, 0.2) is 24.3 Å². The number of rotatable bonds is 7. The molecule has 132 valence electrons. The molecule has 2 aliphatic rings. The van der Waals surface area contributed by atoms with Crippen molar-refractivity contribution in [2.45, 2.75) is 38.0 Å². The third-order valence-electron chi connectivity index (χ3n) is 4.54. The molecule has 1 saturated heterocycles. The molecule has 0 unspecified atom stereocenters. The van der Waals surface area contributed by atoms with E-state index in [-0.39, 0.29) is 17.7 Å². The number of likely N-dealkylation sites (N-methyl/N-ethyl adjacent to an activating group) is 1. The number of amides is 1. The van der Waals surface area contributed by atoms with Gasteiger partial charge in [0.05, 0.1) is 12.2 Å². The van der Waals surface area contributed by atoms with Gasteiger partial charge in [-0.05, 0) is 38.4 Å². The fourth-order valence-electron chi connectivity index (χ4n) is 3.16. The average molecular weight is 339 g/mol. The molecule has 3 rings (SSSR count). The average Bonchev–Trinajstić information content (AvgIpc) is 3.28. The molecule has 1 aromatic rings. The lowest BCUT2D eigenvalue weighted by atomic mass is 10.2. The number of carbonyl (C=O) groups excluding carboxylic acids is 1. The molecule has 1 saturated carbocycles. The Bertz CT molecular complexity index is 581. The minimum atomic E-state index is -2.85. The maximum absolute atomic E-state index is 12.5. The Morgan fingerprint density at radius 2 is 2.12 bits per heavy atom. The number of alkyl halides is 2. The monoisotopic (exact) mass is 339 g/mol. The van der Waals surface area contributed by atoms with Crippen LogP contribution in [0.1, 0.15) is 19.3 Å². The first-order valence-corrected chi connectivity index (χ1v) is 8.31. The van der Waals surface area contributed by atoms with Gasteiger partial charge in [0.1, 0.15) is 5.75 Å². The highest BCUT2D eigenvalue weighted by atomic mass is 19.3. The van der Waals surface area contributed by atoms with Crippen LogP contribution in [0.5, 0.6) is 5.75 Å². The van der Waals surface area contributed by atoms with Gasteiger partial charge in [0, 0.05) is 25.2 Å². The predicted octanol–water partition coefficient (Wildman–Crippen LogP) is 2.08. The second-order valence-corrected chi connectivity index (χ2v) is 6.49.